The molecule has 0 amide bonds. The summed E-state index contributed by atoms with van der Waals surface area (Å²) in [4.78, 5) is 2.34. The zero-order valence-corrected chi connectivity index (χ0v) is 15.6. The summed E-state index contributed by atoms with van der Waals surface area (Å²) in [7, 11) is 2.14. The number of hydrogen-bond acceptors (Lipinski definition) is 2. The first-order valence-electron chi connectivity index (χ1n) is 9.39. The molecule has 1 atom stereocenters. The molecule has 0 unspecified atom stereocenters. The molecule has 0 fully saturated rings. The van der Waals surface area contributed by atoms with Crippen LogP contribution in [0.3, 0.4) is 0 Å². The van der Waals surface area contributed by atoms with E-state index in [1.54, 1.807) is 6.07 Å². The number of rotatable bonds is 2. The quantitative estimate of drug-likeness (QED) is 0.632. The predicted molar refractivity (Wildman–Crippen MR) is 107 cm³/mol. The summed E-state index contributed by atoms with van der Waals surface area (Å²) < 4.78 is 20.0. The zero-order chi connectivity index (χ0) is 18.6. The van der Waals surface area contributed by atoms with Crippen molar-refractivity contribution in [3.05, 3.63) is 95.3 Å². The van der Waals surface area contributed by atoms with E-state index in [-0.39, 0.29) is 11.9 Å². The van der Waals surface area contributed by atoms with Gasteiger partial charge < -0.3 is 4.74 Å². The maximum atomic E-state index is 13.9. The number of fused-ring (bicyclic) bond motifs is 3. The van der Waals surface area contributed by atoms with Crippen molar-refractivity contribution in [2.24, 2.45) is 0 Å². The Morgan fingerprint density at radius 1 is 0.926 bits per heavy atom. The number of hydrogen-bond donors (Lipinski definition) is 0. The number of benzene rings is 3. The standard InChI is InChI=1S/C24H24FNO/c1-26-15-19-9-5-6-10-23(19)24-14-21(25)12-11-20(24)16-27-17-22(26)13-18-7-3-2-4-8-18/h2-12,14,22H,13,15-17H2,1H3/t22-/m0/s1. The summed E-state index contributed by atoms with van der Waals surface area (Å²) >= 11 is 0. The summed E-state index contributed by atoms with van der Waals surface area (Å²) in [5.74, 6) is -0.212. The van der Waals surface area contributed by atoms with E-state index in [0.717, 1.165) is 29.7 Å². The fourth-order valence-corrected chi connectivity index (χ4v) is 3.78. The lowest BCUT2D eigenvalue weighted by molar-refractivity contribution is 0.0570. The third kappa shape index (κ3) is 4.10. The molecule has 0 saturated heterocycles. The van der Waals surface area contributed by atoms with Crippen molar-refractivity contribution in [2.45, 2.75) is 25.6 Å². The van der Waals surface area contributed by atoms with Gasteiger partial charge in [0.1, 0.15) is 5.82 Å². The minimum absolute atomic E-state index is 0.212. The monoisotopic (exact) mass is 361 g/mol. The SMILES string of the molecule is CN1Cc2ccccc2-c2cc(F)ccc2COC[C@@H]1Cc1ccccc1. The number of nitrogens with zero attached hydrogens (tertiary/aromatic N) is 1. The van der Waals surface area contributed by atoms with Gasteiger partial charge in [0.05, 0.1) is 13.2 Å². The van der Waals surface area contributed by atoms with Gasteiger partial charge in [-0.2, -0.15) is 0 Å². The van der Waals surface area contributed by atoms with Crippen LogP contribution in [0.2, 0.25) is 0 Å². The summed E-state index contributed by atoms with van der Waals surface area (Å²) in [5, 5.41) is 0. The summed E-state index contributed by atoms with van der Waals surface area (Å²) in [5.41, 5.74) is 5.58. The molecular formula is C24H24FNO. The van der Waals surface area contributed by atoms with Gasteiger partial charge in [-0.1, -0.05) is 60.7 Å². The maximum Gasteiger partial charge on any atom is 0.123 e. The van der Waals surface area contributed by atoms with Crippen molar-refractivity contribution < 1.29 is 9.13 Å². The highest BCUT2D eigenvalue weighted by Gasteiger charge is 2.20. The van der Waals surface area contributed by atoms with Gasteiger partial charge in [0, 0.05) is 12.6 Å². The lowest BCUT2D eigenvalue weighted by atomic mass is 9.94. The fraction of sp³-hybridized carbons (Fsp3) is 0.250. The highest BCUT2D eigenvalue weighted by molar-refractivity contribution is 5.70. The molecule has 0 radical (unpaired) electrons. The second-order valence-electron chi connectivity index (χ2n) is 7.23. The van der Waals surface area contributed by atoms with Crippen LogP contribution < -0.4 is 0 Å². The third-order valence-electron chi connectivity index (χ3n) is 5.30. The molecule has 27 heavy (non-hydrogen) atoms. The predicted octanol–water partition coefficient (Wildman–Crippen LogP) is 5.07. The Kier molecular flexibility index (Phi) is 5.33. The van der Waals surface area contributed by atoms with E-state index in [9.17, 15) is 4.39 Å². The Labute approximate surface area is 160 Å². The molecule has 138 valence electrons. The third-order valence-corrected chi connectivity index (χ3v) is 5.30. The second-order valence-corrected chi connectivity index (χ2v) is 7.23. The molecule has 0 N–H and O–H groups in total. The fourth-order valence-electron chi connectivity index (χ4n) is 3.78. The van der Waals surface area contributed by atoms with Crippen molar-refractivity contribution >= 4 is 0 Å². The van der Waals surface area contributed by atoms with Gasteiger partial charge in [-0.05, 0) is 53.4 Å². The minimum Gasteiger partial charge on any atom is -0.375 e. The van der Waals surface area contributed by atoms with Gasteiger partial charge in [-0.25, -0.2) is 4.39 Å². The van der Waals surface area contributed by atoms with Gasteiger partial charge in [0.15, 0.2) is 0 Å². The number of halogens is 1. The Bertz CT molecular complexity index is 909. The second kappa shape index (κ2) is 8.03. The largest absolute Gasteiger partial charge is 0.375 e. The average Bonchev–Trinajstić information content (AvgIpc) is 2.69. The van der Waals surface area contributed by atoms with Crippen molar-refractivity contribution in [3.63, 3.8) is 0 Å². The van der Waals surface area contributed by atoms with E-state index >= 15 is 0 Å². The van der Waals surface area contributed by atoms with E-state index in [0.29, 0.717) is 13.2 Å². The summed E-state index contributed by atoms with van der Waals surface area (Å²) in [6, 6.07) is 24.1. The van der Waals surface area contributed by atoms with Gasteiger partial charge in [0.25, 0.3) is 0 Å². The van der Waals surface area contributed by atoms with Crippen molar-refractivity contribution in [3.8, 4) is 11.1 Å². The van der Waals surface area contributed by atoms with Crippen LogP contribution in [0.5, 0.6) is 0 Å². The highest BCUT2D eigenvalue weighted by Crippen LogP contribution is 2.30. The van der Waals surface area contributed by atoms with Crippen molar-refractivity contribution in [1.82, 2.24) is 4.90 Å². The van der Waals surface area contributed by atoms with Crippen LogP contribution in [-0.2, 0) is 24.3 Å². The van der Waals surface area contributed by atoms with Crippen LogP contribution in [0.15, 0.2) is 72.8 Å². The molecule has 1 aliphatic rings. The smallest absolute Gasteiger partial charge is 0.123 e. The van der Waals surface area contributed by atoms with Crippen LogP contribution in [0.1, 0.15) is 16.7 Å². The molecule has 0 saturated carbocycles. The molecular weight excluding hydrogens is 337 g/mol. The Morgan fingerprint density at radius 3 is 2.56 bits per heavy atom. The lowest BCUT2D eigenvalue weighted by Crippen LogP contribution is -2.37. The Hall–Kier alpha value is -2.49. The van der Waals surface area contributed by atoms with Gasteiger partial charge in [-0.3, -0.25) is 4.90 Å². The van der Waals surface area contributed by atoms with Crippen molar-refractivity contribution in [1.29, 1.82) is 0 Å². The molecule has 0 aromatic heterocycles. The van der Waals surface area contributed by atoms with E-state index in [1.165, 1.54) is 17.2 Å². The number of likely N-dealkylation sites (N-methyl/N-ethyl adjacent to an activating group) is 1. The Balaban J connectivity index is 1.69. The van der Waals surface area contributed by atoms with E-state index < -0.39 is 0 Å². The lowest BCUT2D eigenvalue weighted by Gasteiger charge is -2.30. The molecule has 1 aliphatic heterocycles. The Morgan fingerprint density at radius 2 is 1.70 bits per heavy atom. The normalized spacial score (nSPS) is 17.8. The zero-order valence-electron chi connectivity index (χ0n) is 15.6. The molecule has 1 heterocycles. The van der Waals surface area contributed by atoms with Gasteiger partial charge >= 0.3 is 0 Å². The van der Waals surface area contributed by atoms with Crippen LogP contribution in [0.4, 0.5) is 4.39 Å². The maximum absolute atomic E-state index is 13.9. The summed E-state index contributed by atoms with van der Waals surface area (Å²) in [6.45, 7) is 1.93. The molecule has 2 nitrogen and oxygen atoms in total. The molecule has 4 rings (SSSR count). The minimum atomic E-state index is -0.212. The van der Waals surface area contributed by atoms with Crippen LogP contribution in [-0.4, -0.2) is 24.6 Å². The first-order chi connectivity index (χ1) is 13.2. The molecule has 3 aromatic rings. The molecule has 3 heteroatoms. The first-order valence-corrected chi connectivity index (χ1v) is 9.39. The van der Waals surface area contributed by atoms with Crippen molar-refractivity contribution in [2.75, 3.05) is 13.7 Å². The molecule has 0 spiro atoms. The van der Waals surface area contributed by atoms with E-state index in [4.69, 9.17) is 4.74 Å². The molecule has 0 bridgehead atoms. The topological polar surface area (TPSA) is 12.5 Å². The van der Waals surface area contributed by atoms with E-state index in [2.05, 4.69) is 54.4 Å². The average molecular weight is 361 g/mol. The van der Waals surface area contributed by atoms with Gasteiger partial charge in [-0.15, -0.1) is 0 Å². The van der Waals surface area contributed by atoms with Crippen LogP contribution in [0.25, 0.3) is 11.1 Å². The first kappa shape index (κ1) is 17.9. The van der Waals surface area contributed by atoms with Gasteiger partial charge in [0.2, 0.25) is 0 Å². The van der Waals surface area contributed by atoms with E-state index in [1.807, 2.05) is 18.2 Å². The number of ether oxygens (including phenoxy) is 1. The summed E-state index contributed by atoms with van der Waals surface area (Å²) in [6.07, 6.45) is 0.940. The van der Waals surface area contributed by atoms with Crippen LogP contribution in [0, 0.1) is 5.82 Å². The molecule has 3 aromatic carbocycles. The van der Waals surface area contributed by atoms with Crippen LogP contribution >= 0.6 is 0 Å². The molecule has 0 aliphatic carbocycles. The highest BCUT2D eigenvalue weighted by atomic mass is 19.1.